The lowest BCUT2D eigenvalue weighted by molar-refractivity contribution is -0.165. The highest BCUT2D eigenvalue weighted by atomic mass is 16.4. The highest BCUT2D eigenvalue weighted by Crippen LogP contribution is 2.71. The van der Waals surface area contributed by atoms with Crippen molar-refractivity contribution in [1.82, 2.24) is 0 Å². The van der Waals surface area contributed by atoms with Gasteiger partial charge in [-0.25, -0.2) is 0 Å². The largest absolute Gasteiger partial charge is 0.481 e. The number of rotatable bonds is 1. The van der Waals surface area contributed by atoms with Crippen LogP contribution in [-0.4, -0.2) is 16.9 Å². The zero-order chi connectivity index (χ0) is 16.6. The van der Waals surface area contributed by atoms with Crippen molar-refractivity contribution < 1.29 is 14.7 Å². The van der Waals surface area contributed by atoms with Gasteiger partial charge in [0.05, 0.1) is 5.92 Å². The molecule has 2 bridgehead atoms. The number of Topliss-reactive ketones (excluding diaryl/α,β-unsaturated/α-hetero) is 1. The second-order valence-corrected chi connectivity index (χ2v) is 9.85. The fraction of sp³-hybridized carbons (Fsp3) is 0.900. The Labute approximate surface area is 139 Å². The van der Waals surface area contributed by atoms with Gasteiger partial charge in [0.25, 0.3) is 0 Å². The van der Waals surface area contributed by atoms with E-state index in [9.17, 15) is 14.7 Å². The molecule has 0 radical (unpaired) electrons. The lowest BCUT2D eigenvalue weighted by Crippen LogP contribution is -2.58. The van der Waals surface area contributed by atoms with E-state index in [2.05, 4.69) is 20.8 Å². The zero-order valence-electron chi connectivity index (χ0n) is 14.7. The van der Waals surface area contributed by atoms with Crippen molar-refractivity contribution in [3.63, 3.8) is 0 Å². The predicted molar refractivity (Wildman–Crippen MR) is 87.9 cm³/mol. The van der Waals surface area contributed by atoms with Crippen LogP contribution in [0.5, 0.6) is 0 Å². The monoisotopic (exact) mass is 318 g/mol. The van der Waals surface area contributed by atoms with Gasteiger partial charge in [-0.1, -0.05) is 20.8 Å². The van der Waals surface area contributed by atoms with Crippen LogP contribution in [0.4, 0.5) is 0 Å². The molecular weight excluding hydrogens is 288 g/mol. The molecule has 3 nitrogen and oxygen atoms in total. The van der Waals surface area contributed by atoms with E-state index in [1.165, 1.54) is 6.42 Å². The molecule has 0 aromatic rings. The first-order valence-electron chi connectivity index (χ1n) is 9.47. The molecule has 0 amide bonds. The SMILES string of the molecule is CC1(C)C(=O)CC[C@]2(C)C1CC[C@@]13CC(CCC12)C(C(=O)O)C3. The van der Waals surface area contributed by atoms with E-state index in [4.69, 9.17) is 0 Å². The summed E-state index contributed by atoms with van der Waals surface area (Å²) in [4.78, 5) is 24.2. The van der Waals surface area contributed by atoms with Crippen molar-refractivity contribution >= 4 is 11.8 Å². The Kier molecular flexibility index (Phi) is 3.14. The smallest absolute Gasteiger partial charge is 0.306 e. The second-order valence-electron chi connectivity index (χ2n) is 9.85. The van der Waals surface area contributed by atoms with Gasteiger partial charge in [0.2, 0.25) is 0 Å². The molecular formula is C20H30O3. The van der Waals surface area contributed by atoms with Crippen molar-refractivity contribution in [3.05, 3.63) is 0 Å². The van der Waals surface area contributed by atoms with Crippen LogP contribution < -0.4 is 0 Å². The first-order chi connectivity index (χ1) is 10.7. The van der Waals surface area contributed by atoms with Gasteiger partial charge in [0.15, 0.2) is 0 Å². The molecule has 4 aliphatic rings. The molecule has 1 spiro atoms. The van der Waals surface area contributed by atoms with Gasteiger partial charge in [-0.3, -0.25) is 9.59 Å². The predicted octanol–water partition coefficient (Wildman–Crippen LogP) is 4.30. The summed E-state index contributed by atoms with van der Waals surface area (Å²) in [5.41, 5.74) is 0.290. The van der Waals surface area contributed by atoms with Gasteiger partial charge in [-0.2, -0.15) is 0 Å². The van der Waals surface area contributed by atoms with Gasteiger partial charge >= 0.3 is 5.97 Å². The van der Waals surface area contributed by atoms with Gasteiger partial charge in [0.1, 0.15) is 5.78 Å². The van der Waals surface area contributed by atoms with Crippen molar-refractivity contribution in [2.45, 2.75) is 72.1 Å². The lowest BCUT2D eigenvalue weighted by Gasteiger charge is -2.63. The number of carboxylic acids is 1. The van der Waals surface area contributed by atoms with E-state index in [0.717, 1.165) is 44.9 Å². The van der Waals surface area contributed by atoms with Gasteiger partial charge in [-0.15, -0.1) is 0 Å². The van der Waals surface area contributed by atoms with E-state index in [1.807, 2.05) is 0 Å². The van der Waals surface area contributed by atoms with E-state index in [-0.39, 0.29) is 22.2 Å². The Bertz CT molecular complexity index is 565. The molecule has 0 aromatic heterocycles. The number of ketones is 1. The number of hydrogen-bond donors (Lipinski definition) is 1. The number of hydrogen-bond acceptors (Lipinski definition) is 2. The maximum absolute atomic E-state index is 12.5. The Morgan fingerprint density at radius 2 is 1.78 bits per heavy atom. The minimum atomic E-state index is -0.570. The van der Waals surface area contributed by atoms with Gasteiger partial charge < -0.3 is 5.11 Å². The minimum Gasteiger partial charge on any atom is -0.481 e. The Balaban J connectivity index is 1.71. The molecule has 6 atom stereocenters. The number of carbonyl (C=O) groups is 2. The standard InChI is InChI=1S/C20H30O3/c1-18(2)14-6-9-20-10-12(13(11-20)17(22)23)4-5-15(20)19(14,3)8-7-16(18)21/h12-15H,4-11H2,1-3H3,(H,22,23)/t12?,13?,14?,15?,19-,20+/m1/s1. The molecule has 0 aliphatic heterocycles. The third-order valence-electron chi connectivity index (χ3n) is 8.75. The molecule has 4 rings (SSSR count). The molecule has 0 heterocycles. The third kappa shape index (κ3) is 1.88. The van der Waals surface area contributed by atoms with Crippen molar-refractivity contribution in [1.29, 1.82) is 0 Å². The first kappa shape index (κ1) is 15.7. The molecule has 0 aromatic carbocycles. The minimum absolute atomic E-state index is 0.113. The van der Waals surface area contributed by atoms with Gasteiger partial charge in [-0.05, 0) is 73.5 Å². The van der Waals surface area contributed by atoms with Crippen LogP contribution in [0.15, 0.2) is 0 Å². The quantitative estimate of drug-likeness (QED) is 0.784. The third-order valence-corrected chi connectivity index (χ3v) is 8.75. The summed E-state index contributed by atoms with van der Waals surface area (Å²) < 4.78 is 0. The van der Waals surface area contributed by atoms with Crippen LogP contribution in [0.1, 0.15) is 72.1 Å². The maximum atomic E-state index is 12.5. The summed E-state index contributed by atoms with van der Waals surface area (Å²) in [6, 6.07) is 0. The molecule has 4 saturated carbocycles. The van der Waals surface area contributed by atoms with Crippen LogP contribution in [0.3, 0.4) is 0 Å². The summed E-state index contributed by atoms with van der Waals surface area (Å²) in [6.07, 6.45) is 8.30. The average molecular weight is 318 g/mol. The molecule has 3 heteroatoms. The van der Waals surface area contributed by atoms with E-state index < -0.39 is 5.97 Å². The number of carbonyl (C=O) groups excluding carboxylic acids is 1. The number of aliphatic carboxylic acids is 1. The van der Waals surface area contributed by atoms with Crippen LogP contribution >= 0.6 is 0 Å². The first-order valence-corrected chi connectivity index (χ1v) is 9.47. The second kappa shape index (κ2) is 4.61. The Morgan fingerprint density at radius 1 is 1.04 bits per heavy atom. The summed E-state index contributed by atoms with van der Waals surface area (Å²) in [5.74, 6) is 1.27. The van der Waals surface area contributed by atoms with Crippen molar-refractivity contribution in [3.8, 4) is 0 Å². The maximum Gasteiger partial charge on any atom is 0.306 e. The van der Waals surface area contributed by atoms with Crippen LogP contribution in [0, 0.1) is 39.9 Å². The fourth-order valence-electron chi connectivity index (χ4n) is 7.76. The van der Waals surface area contributed by atoms with E-state index >= 15 is 0 Å². The number of carboxylic acid groups (broad SMARTS) is 1. The molecule has 0 saturated heterocycles. The topological polar surface area (TPSA) is 54.4 Å². The average Bonchev–Trinajstić information content (AvgIpc) is 2.75. The molecule has 4 unspecified atom stereocenters. The summed E-state index contributed by atoms with van der Waals surface area (Å²) >= 11 is 0. The zero-order valence-corrected chi connectivity index (χ0v) is 14.7. The summed E-state index contributed by atoms with van der Waals surface area (Å²) in [5, 5.41) is 9.62. The van der Waals surface area contributed by atoms with Crippen LogP contribution in [-0.2, 0) is 9.59 Å². The Hall–Kier alpha value is -0.860. The van der Waals surface area contributed by atoms with Crippen LogP contribution in [0.2, 0.25) is 0 Å². The van der Waals surface area contributed by atoms with E-state index in [1.54, 1.807) is 0 Å². The van der Waals surface area contributed by atoms with Crippen molar-refractivity contribution in [2.75, 3.05) is 0 Å². The molecule has 1 N–H and O–H groups in total. The molecule has 4 aliphatic carbocycles. The fourth-order valence-corrected chi connectivity index (χ4v) is 7.76. The summed E-state index contributed by atoms with van der Waals surface area (Å²) in [7, 11) is 0. The highest BCUT2D eigenvalue weighted by molar-refractivity contribution is 5.85. The molecule has 23 heavy (non-hydrogen) atoms. The Morgan fingerprint density at radius 3 is 2.48 bits per heavy atom. The van der Waals surface area contributed by atoms with Gasteiger partial charge in [0, 0.05) is 11.8 Å². The highest BCUT2D eigenvalue weighted by Gasteiger charge is 2.65. The lowest BCUT2D eigenvalue weighted by atomic mass is 9.41. The summed E-state index contributed by atoms with van der Waals surface area (Å²) in [6.45, 7) is 6.76. The number of fused-ring (bicyclic) bond motifs is 3. The van der Waals surface area contributed by atoms with Crippen molar-refractivity contribution in [2.24, 2.45) is 39.9 Å². The molecule has 128 valence electrons. The molecule has 4 fully saturated rings. The van der Waals surface area contributed by atoms with E-state index in [0.29, 0.717) is 23.5 Å². The van der Waals surface area contributed by atoms with Crippen LogP contribution in [0.25, 0.3) is 0 Å². The normalized spacial score (nSPS) is 51.0.